The van der Waals surface area contributed by atoms with Gasteiger partial charge in [0.05, 0.1) is 6.04 Å². The number of carbonyl (C=O) groups is 2. The average molecular weight is 365 g/mol. The van der Waals surface area contributed by atoms with Crippen LogP contribution in [-0.2, 0) is 11.2 Å². The van der Waals surface area contributed by atoms with Crippen molar-refractivity contribution in [1.29, 1.82) is 0 Å². The Hall–Kier alpha value is -2.82. The lowest BCUT2D eigenvalue weighted by Gasteiger charge is -2.19. The van der Waals surface area contributed by atoms with Gasteiger partial charge in [0.1, 0.15) is 0 Å². The van der Waals surface area contributed by atoms with E-state index in [9.17, 15) is 9.59 Å². The SMILES string of the molecule is Cc1ccc(N2C[C@@H](NC(=O)N[C@@H](C)CCc3ccccc3)CC2=O)cc1. The van der Waals surface area contributed by atoms with Gasteiger partial charge in [-0.2, -0.15) is 0 Å². The van der Waals surface area contributed by atoms with Crippen LogP contribution < -0.4 is 15.5 Å². The highest BCUT2D eigenvalue weighted by atomic mass is 16.2. The summed E-state index contributed by atoms with van der Waals surface area (Å²) in [6.07, 6.45) is 2.13. The van der Waals surface area contributed by atoms with E-state index >= 15 is 0 Å². The lowest BCUT2D eigenvalue weighted by Crippen LogP contribution is -2.46. The van der Waals surface area contributed by atoms with E-state index in [1.807, 2.05) is 56.3 Å². The van der Waals surface area contributed by atoms with Crippen molar-refractivity contribution in [1.82, 2.24) is 10.6 Å². The number of benzene rings is 2. The van der Waals surface area contributed by atoms with Crippen molar-refractivity contribution in [2.75, 3.05) is 11.4 Å². The number of rotatable bonds is 6. The highest BCUT2D eigenvalue weighted by Gasteiger charge is 2.31. The summed E-state index contributed by atoms with van der Waals surface area (Å²) in [5.41, 5.74) is 3.30. The van der Waals surface area contributed by atoms with Gasteiger partial charge in [0, 0.05) is 24.7 Å². The molecule has 2 aromatic rings. The van der Waals surface area contributed by atoms with Gasteiger partial charge in [0.25, 0.3) is 0 Å². The molecule has 1 aliphatic heterocycles. The second-order valence-corrected chi connectivity index (χ2v) is 7.28. The first-order valence-electron chi connectivity index (χ1n) is 9.49. The summed E-state index contributed by atoms with van der Waals surface area (Å²) in [6.45, 7) is 4.53. The van der Waals surface area contributed by atoms with E-state index < -0.39 is 0 Å². The number of hydrogen-bond acceptors (Lipinski definition) is 2. The number of carbonyl (C=O) groups excluding carboxylic acids is 2. The van der Waals surface area contributed by atoms with Crippen LogP contribution in [0.25, 0.3) is 0 Å². The molecule has 5 heteroatoms. The first kappa shape index (κ1) is 19.0. The fraction of sp³-hybridized carbons (Fsp3) is 0.364. The lowest BCUT2D eigenvalue weighted by atomic mass is 10.1. The van der Waals surface area contributed by atoms with Crippen LogP contribution >= 0.6 is 0 Å². The molecule has 0 aliphatic carbocycles. The minimum Gasteiger partial charge on any atom is -0.336 e. The summed E-state index contributed by atoms with van der Waals surface area (Å²) < 4.78 is 0. The fourth-order valence-corrected chi connectivity index (χ4v) is 3.33. The number of nitrogens with zero attached hydrogens (tertiary/aromatic N) is 1. The largest absolute Gasteiger partial charge is 0.336 e. The molecule has 3 rings (SSSR count). The van der Waals surface area contributed by atoms with Gasteiger partial charge in [-0.1, -0.05) is 48.0 Å². The van der Waals surface area contributed by atoms with Crippen molar-refractivity contribution in [3.8, 4) is 0 Å². The van der Waals surface area contributed by atoms with Crippen molar-refractivity contribution >= 4 is 17.6 Å². The molecule has 0 spiro atoms. The number of aryl methyl sites for hydroxylation is 2. The third-order valence-corrected chi connectivity index (χ3v) is 4.89. The molecule has 1 heterocycles. The molecule has 1 fully saturated rings. The van der Waals surface area contributed by atoms with E-state index in [1.165, 1.54) is 5.56 Å². The van der Waals surface area contributed by atoms with Crippen molar-refractivity contribution < 1.29 is 9.59 Å². The summed E-state index contributed by atoms with van der Waals surface area (Å²) in [4.78, 5) is 26.3. The molecule has 0 bridgehead atoms. The maximum atomic E-state index is 12.3. The molecule has 0 aromatic heterocycles. The van der Waals surface area contributed by atoms with E-state index in [4.69, 9.17) is 0 Å². The van der Waals surface area contributed by atoms with Crippen LogP contribution in [-0.4, -0.2) is 30.6 Å². The quantitative estimate of drug-likeness (QED) is 0.824. The van der Waals surface area contributed by atoms with E-state index in [1.54, 1.807) is 4.90 Å². The average Bonchev–Trinajstić information content (AvgIpc) is 3.01. The predicted octanol–water partition coefficient (Wildman–Crippen LogP) is 3.42. The Labute approximate surface area is 160 Å². The van der Waals surface area contributed by atoms with Crippen LogP contribution in [0.1, 0.15) is 30.9 Å². The van der Waals surface area contributed by atoms with Gasteiger partial charge in [0.15, 0.2) is 0 Å². The third-order valence-electron chi connectivity index (χ3n) is 4.89. The summed E-state index contributed by atoms with van der Waals surface area (Å²) in [6, 6.07) is 17.8. The molecule has 27 heavy (non-hydrogen) atoms. The Morgan fingerprint density at radius 3 is 2.56 bits per heavy atom. The van der Waals surface area contributed by atoms with Gasteiger partial charge in [-0.15, -0.1) is 0 Å². The molecule has 0 radical (unpaired) electrons. The Morgan fingerprint density at radius 2 is 1.85 bits per heavy atom. The summed E-state index contributed by atoms with van der Waals surface area (Å²) in [7, 11) is 0. The summed E-state index contributed by atoms with van der Waals surface area (Å²) in [5, 5.41) is 5.91. The highest BCUT2D eigenvalue weighted by molar-refractivity contribution is 5.96. The maximum Gasteiger partial charge on any atom is 0.315 e. The first-order chi connectivity index (χ1) is 13.0. The van der Waals surface area contributed by atoms with Gasteiger partial charge in [-0.25, -0.2) is 4.79 Å². The monoisotopic (exact) mass is 365 g/mol. The van der Waals surface area contributed by atoms with Gasteiger partial charge in [-0.05, 0) is 44.4 Å². The lowest BCUT2D eigenvalue weighted by molar-refractivity contribution is -0.117. The van der Waals surface area contributed by atoms with Crippen molar-refractivity contribution in [3.05, 3.63) is 65.7 Å². The van der Waals surface area contributed by atoms with E-state index in [-0.39, 0.29) is 24.0 Å². The molecule has 2 N–H and O–H groups in total. The van der Waals surface area contributed by atoms with Crippen LogP contribution in [0.2, 0.25) is 0 Å². The van der Waals surface area contributed by atoms with E-state index in [2.05, 4.69) is 22.8 Å². The Kier molecular flexibility index (Phi) is 6.12. The second kappa shape index (κ2) is 8.71. The van der Waals surface area contributed by atoms with E-state index in [0.29, 0.717) is 13.0 Å². The van der Waals surface area contributed by atoms with Gasteiger partial charge < -0.3 is 15.5 Å². The molecule has 1 saturated heterocycles. The number of amides is 3. The molecular formula is C22H27N3O2. The van der Waals surface area contributed by atoms with Crippen molar-refractivity contribution in [3.63, 3.8) is 0 Å². The highest BCUT2D eigenvalue weighted by Crippen LogP contribution is 2.21. The van der Waals surface area contributed by atoms with Gasteiger partial charge >= 0.3 is 6.03 Å². The topological polar surface area (TPSA) is 61.4 Å². The number of hydrogen-bond donors (Lipinski definition) is 2. The Bertz CT molecular complexity index is 774. The Morgan fingerprint density at radius 1 is 1.15 bits per heavy atom. The van der Waals surface area contributed by atoms with Gasteiger partial charge in [0.2, 0.25) is 5.91 Å². The number of urea groups is 1. The van der Waals surface area contributed by atoms with Crippen LogP contribution in [0.3, 0.4) is 0 Å². The van der Waals surface area contributed by atoms with Gasteiger partial charge in [-0.3, -0.25) is 4.79 Å². The zero-order chi connectivity index (χ0) is 19.2. The molecule has 2 aromatic carbocycles. The maximum absolute atomic E-state index is 12.3. The smallest absolute Gasteiger partial charge is 0.315 e. The molecule has 2 atom stereocenters. The first-order valence-corrected chi connectivity index (χ1v) is 9.49. The van der Waals surface area contributed by atoms with Crippen LogP contribution in [0.4, 0.5) is 10.5 Å². The minimum atomic E-state index is -0.209. The molecule has 3 amide bonds. The van der Waals surface area contributed by atoms with Crippen molar-refractivity contribution in [2.24, 2.45) is 0 Å². The molecule has 0 unspecified atom stereocenters. The van der Waals surface area contributed by atoms with Crippen LogP contribution in [0.15, 0.2) is 54.6 Å². The standard InChI is InChI=1S/C22H27N3O2/c1-16-8-12-20(13-9-16)25-15-19(14-21(25)26)24-22(27)23-17(2)10-11-18-6-4-3-5-7-18/h3-9,12-13,17,19H,10-11,14-15H2,1-2H3,(H2,23,24,27)/t17-,19-/m0/s1. The normalized spacial score (nSPS) is 17.6. The van der Waals surface area contributed by atoms with E-state index in [0.717, 1.165) is 24.1 Å². The minimum absolute atomic E-state index is 0.0429. The van der Waals surface area contributed by atoms with Crippen LogP contribution in [0.5, 0.6) is 0 Å². The Balaban J connectivity index is 1.45. The second-order valence-electron chi connectivity index (χ2n) is 7.28. The molecule has 1 aliphatic rings. The summed E-state index contributed by atoms with van der Waals surface area (Å²) in [5.74, 6) is 0.0429. The summed E-state index contributed by atoms with van der Waals surface area (Å²) >= 11 is 0. The van der Waals surface area contributed by atoms with Crippen LogP contribution in [0, 0.1) is 6.92 Å². The number of anilines is 1. The number of nitrogens with one attached hydrogen (secondary N) is 2. The molecule has 0 saturated carbocycles. The fourth-order valence-electron chi connectivity index (χ4n) is 3.33. The molecule has 5 nitrogen and oxygen atoms in total. The zero-order valence-electron chi connectivity index (χ0n) is 15.9. The third kappa shape index (κ3) is 5.33. The van der Waals surface area contributed by atoms with Crippen molar-refractivity contribution in [2.45, 2.75) is 45.2 Å². The predicted molar refractivity (Wildman–Crippen MR) is 108 cm³/mol. The molecular weight excluding hydrogens is 338 g/mol. The molecule has 142 valence electrons. The zero-order valence-corrected chi connectivity index (χ0v) is 15.9.